The van der Waals surface area contributed by atoms with Gasteiger partial charge >= 0.3 is 0 Å². The fourth-order valence-corrected chi connectivity index (χ4v) is 1.93. The Hall–Kier alpha value is -1.08. The second-order valence-electron chi connectivity index (χ2n) is 3.73. The van der Waals surface area contributed by atoms with Crippen LogP contribution in [-0.4, -0.2) is 36.6 Å². The van der Waals surface area contributed by atoms with E-state index in [1.54, 1.807) is 0 Å². The van der Waals surface area contributed by atoms with Gasteiger partial charge in [0.05, 0.1) is 18.7 Å². The number of amides is 1. The first-order valence-electron chi connectivity index (χ1n) is 5.53. The molecule has 1 fully saturated rings. The normalized spacial score (nSPS) is 21.1. The first-order chi connectivity index (χ1) is 7.29. The largest absolute Gasteiger partial charge is 0.380 e. The number of carbonyl (C=O) groups excluding carboxylic acids is 1. The highest BCUT2D eigenvalue weighted by Gasteiger charge is 2.26. The number of carbonyl (C=O) groups is 1. The molecular formula is C11H18N2O2. The van der Waals surface area contributed by atoms with Crippen molar-refractivity contribution in [3.05, 3.63) is 0 Å². The molecule has 1 aliphatic rings. The van der Waals surface area contributed by atoms with E-state index in [1.807, 2.05) is 17.9 Å². The van der Waals surface area contributed by atoms with Crippen LogP contribution in [0.25, 0.3) is 0 Å². The van der Waals surface area contributed by atoms with Crippen LogP contribution in [0, 0.1) is 11.3 Å². The first-order valence-corrected chi connectivity index (χ1v) is 5.53. The molecule has 84 valence electrons. The molecule has 0 aromatic rings. The number of hydrogen-bond acceptors (Lipinski definition) is 3. The first kappa shape index (κ1) is 12.0. The third kappa shape index (κ3) is 3.52. The van der Waals surface area contributed by atoms with Gasteiger partial charge in [0.2, 0.25) is 5.91 Å². The molecule has 0 saturated carbocycles. The minimum atomic E-state index is -0.0538. The van der Waals surface area contributed by atoms with Crippen LogP contribution in [0.5, 0.6) is 0 Å². The summed E-state index contributed by atoms with van der Waals surface area (Å²) in [5.41, 5.74) is 0. The van der Waals surface area contributed by atoms with Crippen molar-refractivity contribution in [3.8, 4) is 6.07 Å². The van der Waals surface area contributed by atoms with Gasteiger partial charge in [0.15, 0.2) is 0 Å². The molecule has 0 aromatic carbocycles. The molecule has 1 rings (SSSR count). The molecule has 0 bridgehead atoms. The predicted octanol–water partition coefficient (Wildman–Crippen LogP) is 1.32. The molecule has 1 aliphatic heterocycles. The van der Waals surface area contributed by atoms with Gasteiger partial charge < -0.3 is 9.64 Å². The molecular weight excluding hydrogens is 192 g/mol. The maximum atomic E-state index is 11.6. The zero-order valence-corrected chi connectivity index (χ0v) is 9.24. The summed E-state index contributed by atoms with van der Waals surface area (Å²) in [4.78, 5) is 13.4. The van der Waals surface area contributed by atoms with Crippen molar-refractivity contribution in [3.63, 3.8) is 0 Å². The van der Waals surface area contributed by atoms with E-state index in [-0.39, 0.29) is 18.4 Å². The van der Waals surface area contributed by atoms with Gasteiger partial charge in [-0.3, -0.25) is 4.79 Å². The summed E-state index contributed by atoms with van der Waals surface area (Å²) in [5.74, 6) is -0.0538. The van der Waals surface area contributed by atoms with Gasteiger partial charge in [-0.1, -0.05) is 0 Å². The van der Waals surface area contributed by atoms with Crippen LogP contribution in [0.3, 0.4) is 0 Å². The molecule has 0 aliphatic carbocycles. The second-order valence-corrected chi connectivity index (χ2v) is 3.73. The standard InChI is InChI=1S/C11H18N2O2/c1-2-15-9-10-5-3-4-8-13(10)11(14)6-7-12/h10H,2-6,8-9H2,1H3. The molecule has 1 unspecified atom stereocenters. The minimum absolute atomic E-state index is 0.0113. The molecule has 1 atom stereocenters. The van der Waals surface area contributed by atoms with E-state index in [1.165, 1.54) is 0 Å². The lowest BCUT2D eigenvalue weighted by Crippen LogP contribution is -2.45. The van der Waals surface area contributed by atoms with Gasteiger partial charge in [-0.15, -0.1) is 0 Å². The Morgan fingerprint density at radius 1 is 1.60 bits per heavy atom. The van der Waals surface area contributed by atoms with Gasteiger partial charge in [-0.05, 0) is 26.2 Å². The van der Waals surface area contributed by atoms with Gasteiger partial charge in [-0.2, -0.15) is 5.26 Å². The Labute approximate surface area is 90.8 Å². The predicted molar refractivity (Wildman–Crippen MR) is 56.1 cm³/mol. The SMILES string of the molecule is CCOCC1CCCCN1C(=O)CC#N. The number of hydrogen-bond donors (Lipinski definition) is 0. The van der Waals surface area contributed by atoms with Crippen LogP contribution < -0.4 is 0 Å². The van der Waals surface area contributed by atoms with E-state index in [2.05, 4.69) is 0 Å². The van der Waals surface area contributed by atoms with Crippen molar-refractivity contribution < 1.29 is 9.53 Å². The number of nitriles is 1. The highest BCUT2D eigenvalue weighted by Crippen LogP contribution is 2.18. The third-order valence-electron chi connectivity index (χ3n) is 2.69. The van der Waals surface area contributed by atoms with Crippen LogP contribution in [-0.2, 0) is 9.53 Å². The van der Waals surface area contributed by atoms with Gasteiger partial charge in [0.25, 0.3) is 0 Å². The Morgan fingerprint density at radius 3 is 3.07 bits per heavy atom. The van der Waals surface area contributed by atoms with Crippen LogP contribution in [0.15, 0.2) is 0 Å². The van der Waals surface area contributed by atoms with Crippen molar-refractivity contribution in [1.82, 2.24) is 4.90 Å². The van der Waals surface area contributed by atoms with Crippen molar-refractivity contribution in [2.24, 2.45) is 0 Å². The van der Waals surface area contributed by atoms with E-state index in [4.69, 9.17) is 10.00 Å². The number of rotatable bonds is 4. The van der Waals surface area contributed by atoms with Crippen molar-refractivity contribution in [2.45, 2.75) is 38.6 Å². The molecule has 4 heteroatoms. The second kappa shape index (κ2) is 6.41. The molecule has 4 nitrogen and oxygen atoms in total. The Morgan fingerprint density at radius 2 is 2.40 bits per heavy atom. The van der Waals surface area contributed by atoms with Gasteiger partial charge in [-0.25, -0.2) is 0 Å². The lowest BCUT2D eigenvalue weighted by atomic mass is 10.0. The average Bonchev–Trinajstić information content (AvgIpc) is 2.27. The quantitative estimate of drug-likeness (QED) is 0.703. The number of nitrogens with zero attached hydrogens (tertiary/aromatic N) is 2. The Balaban J connectivity index is 2.49. The summed E-state index contributed by atoms with van der Waals surface area (Å²) in [5, 5.41) is 8.50. The lowest BCUT2D eigenvalue weighted by Gasteiger charge is -2.35. The fraction of sp³-hybridized carbons (Fsp3) is 0.818. The third-order valence-corrected chi connectivity index (χ3v) is 2.69. The number of ether oxygens (including phenoxy) is 1. The topological polar surface area (TPSA) is 53.3 Å². The highest BCUT2D eigenvalue weighted by molar-refractivity contribution is 5.78. The van der Waals surface area contributed by atoms with E-state index >= 15 is 0 Å². The van der Waals surface area contributed by atoms with E-state index in [0.29, 0.717) is 13.2 Å². The molecule has 1 amide bonds. The van der Waals surface area contributed by atoms with Gasteiger partial charge in [0.1, 0.15) is 6.42 Å². The molecule has 0 radical (unpaired) electrons. The maximum absolute atomic E-state index is 11.6. The van der Waals surface area contributed by atoms with E-state index in [9.17, 15) is 4.79 Å². The summed E-state index contributed by atoms with van der Waals surface area (Å²) in [6.07, 6.45) is 3.17. The van der Waals surface area contributed by atoms with E-state index in [0.717, 1.165) is 25.8 Å². The summed E-state index contributed by atoms with van der Waals surface area (Å²) < 4.78 is 5.35. The highest BCUT2D eigenvalue weighted by atomic mass is 16.5. The van der Waals surface area contributed by atoms with Crippen molar-refractivity contribution in [2.75, 3.05) is 19.8 Å². The van der Waals surface area contributed by atoms with E-state index < -0.39 is 0 Å². The van der Waals surface area contributed by atoms with Crippen molar-refractivity contribution in [1.29, 1.82) is 5.26 Å². The monoisotopic (exact) mass is 210 g/mol. The molecule has 1 saturated heterocycles. The zero-order valence-electron chi connectivity index (χ0n) is 9.24. The lowest BCUT2D eigenvalue weighted by molar-refractivity contribution is -0.135. The number of likely N-dealkylation sites (tertiary alicyclic amines) is 1. The maximum Gasteiger partial charge on any atom is 0.237 e. The van der Waals surface area contributed by atoms with Crippen LogP contribution in [0.2, 0.25) is 0 Å². The molecule has 0 aromatic heterocycles. The summed E-state index contributed by atoms with van der Waals surface area (Å²) >= 11 is 0. The van der Waals surface area contributed by atoms with Gasteiger partial charge in [0, 0.05) is 13.2 Å². The molecule has 1 heterocycles. The molecule has 15 heavy (non-hydrogen) atoms. The van der Waals surface area contributed by atoms with Crippen molar-refractivity contribution >= 4 is 5.91 Å². The molecule has 0 N–H and O–H groups in total. The number of piperidine rings is 1. The van der Waals surface area contributed by atoms with Crippen LogP contribution in [0.4, 0.5) is 0 Å². The van der Waals surface area contributed by atoms with Crippen LogP contribution >= 0.6 is 0 Å². The smallest absolute Gasteiger partial charge is 0.237 e. The minimum Gasteiger partial charge on any atom is -0.380 e. The summed E-state index contributed by atoms with van der Waals surface area (Å²) in [7, 11) is 0. The van der Waals surface area contributed by atoms with Crippen LogP contribution in [0.1, 0.15) is 32.6 Å². The zero-order chi connectivity index (χ0) is 11.1. The molecule has 0 spiro atoms. The average molecular weight is 210 g/mol. The summed E-state index contributed by atoms with van der Waals surface area (Å²) in [6, 6.07) is 2.09. The Kier molecular flexibility index (Phi) is 5.13. The summed E-state index contributed by atoms with van der Waals surface area (Å²) in [6.45, 7) is 4.01. The fourth-order valence-electron chi connectivity index (χ4n) is 1.93. The Bertz CT molecular complexity index is 247.